The van der Waals surface area contributed by atoms with Gasteiger partial charge in [-0.15, -0.1) is 12.4 Å². The van der Waals surface area contributed by atoms with Crippen molar-refractivity contribution in [2.75, 3.05) is 6.61 Å². The highest BCUT2D eigenvalue weighted by atomic mass is 35.5. The Labute approximate surface area is 132 Å². The Hall–Kier alpha value is -0.630. The van der Waals surface area contributed by atoms with E-state index in [1.54, 1.807) is 0 Å². The van der Waals surface area contributed by atoms with E-state index in [4.69, 9.17) is 5.11 Å². The molecule has 0 saturated heterocycles. The molecule has 0 bridgehead atoms. The molecule has 0 aromatic heterocycles. The van der Waals surface area contributed by atoms with Crippen molar-refractivity contribution < 1.29 is 57.8 Å². The smallest absolute Gasteiger partial charge is 0.384 e. The van der Waals surface area contributed by atoms with Crippen LogP contribution in [0.15, 0.2) is 0 Å². The molecular formula is C9H10ClF12NO. The number of hydrogen-bond acceptors (Lipinski definition) is 2. The summed E-state index contributed by atoms with van der Waals surface area (Å²) < 4.78 is 152. The zero-order chi connectivity index (χ0) is 19.1. The Morgan fingerprint density at radius 2 is 1.12 bits per heavy atom. The monoisotopic (exact) mass is 411 g/mol. The number of halogens is 13. The molecule has 0 aliphatic rings. The van der Waals surface area contributed by atoms with E-state index < -0.39 is 55.1 Å². The number of aliphatic hydroxyl groups excluding tert-OH is 1. The van der Waals surface area contributed by atoms with Gasteiger partial charge in [-0.1, -0.05) is 0 Å². The SMILES string of the molecule is Cl.NC(CO)CC(F)(F)C(F)(F)C(F)(F)C(F)(F)C(F)(F)C(F)F. The molecule has 1 atom stereocenters. The van der Waals surface area contributed by atoms with Crippen molar-refractivity contribution in [1.29, 1.82) is 0 Å². The first-order chi connectivity index (χ1) is 9.90. The minimum atomic E-state index is -7.56. The van der Waals surface area contributed by atoms with E-state index in [1.807, 2.05) is 0 Å². The Balaban J connectivity index is 0. The van der Waals surface area contributed by atoms with Crippen molar-refractivity contribution in [1.82, 2.24) is 0 Å². The topological polar surface area (TPSA) is 46.2 Å². The maximum Gasteiger partial charge on any atom is 0.384 e. The van der Waals surface area contributed by atoms with Gasteiger partial charge in [-0.3, -0.25) is 0 Å². The van der Waals surface area contributed by atoms with Crippen LogP contribution in [0.1, 0.15) is 6.42 Å². The zero-order valence-corrected chi connectivity index (χ0v) is 11.9. The third kappa shape index (κ3) is 3.79. The summed E-state index contributed by atoms with van der Waals surface area (Å²) in [5.41, 5.74) is 4.58. The van der Waals surface area contributed by atoms with Gasteiger partial charge in [0.1, 0.15) is 0 Å². The number of nitrogens with two attached hydrogens (primary N) is 1. The van der Waals surface area contributed by atoms with Crippen LogP contribution in [0.3, 0.4) is 0 Å². The van der Waals surface area contributed by atoms with Gasteiger partial charge in [-0.05, 0) is 0 Å². The van der Waals surface area contributed by atoms with Gasteiger partial charge in [0.05, 0.1) is 6.61 Å². The first-order valence-electron chi connectivity index (χ1n) is 5.43. The minimum Gasteiger partial charge on any atom is -0.395 e. The Kier molecular flexibility index (Phi) is 7.81. The van der Waals surface area contributed by atoms with Crippen molar-refractivity contribution in [3.8, 4) is 0 Å². The van der Waals surface area contributed by atoms with Crippen LogP contribution in [-0.2, 0) is 0 Å². The second-order valence-electron chi connectivity index (χ2n) is 4.50. The molecule has 148 valence electrons. The number of hydrogen-bond donors (Lipinski definition) is 2. The number of rotatable bonds is 8. The van der Waals surface area contributed by atoms with Crippen molar-refractivity contribution in [2.45, 2.75) is 48.5 Å². The summed E-state index contributed by atoms with van der Waals surface area (Å²) in [6.07, 6.45) is -8.03. The first kappa shape index (κ1) is 25.6. The third-order valence-electron chi connectivity index (χ3n) is 2.69. The Morgan fingerprint density at radius 3 is 1.42 bits per heavy atom. The summed E-state index contributed by atoms with van der Waals surface area (Å²) >= 11 is 0. The fourth-order valence-corrected chi connectivity index (χ4v) is 1.30. The fraction of sp³-hybridized carbons (Fsp3) is 1.00. The summed E-state index contributed by atoms with van der Waals surface area (Å²) in [5, 5.41) is 8.27. The van der Waals surface area contributed by atoms with Gasteiger partial charge in [0, 0.05) is 12.5 Å². The second kappa shape index (κ2) is 7.32. The maximum absolute atomic E-state index is 13.1. The molecule has 0 fully saturated rings. The van der Waals surface area contributed by atoms with Crippen LogP contribution in [0.4, 0.5) is 52.7 Å². The summed E-state index contributed by atoms with van der Waals surface area (Å²) in [7, 11) is 0. The standard InChI is InChI=1S/C9H9F12NO.ClH/c10-4(11)6(14,15)8(18,19)9(20,21)7(16,17)5(12,13)1-3(22)2-23;/h3-4,23H,1-2,22H2;1H. The van der Waals surface area contributed by atoms with Crippen LogP contribution in [0.5, 0.6) is 0 Å². The van der Waals surface area contributed by atoms with Gasteiger partial charge >= 0.3 is 36.0 Å². The third-order valence-corrected chi connectivity index (χ3v) is 2.69. The predicted molar refractivity (Wildman–Crippen MR) is 57.7 cm³/mol. The highest BCUT2D eigenvalue weighted by Gasteiger charge is 2.87. The van der Waals surface area contributed by atoms with E-state index in [0.29, 0.717) is 0 Å². The van der Waals surface area contributed by atoms with Crippen LogP contribution in [0.2, 0.25) is 0 Å². The van der Waals surface area contributed by atoms with Crippen molar-refractivity contribution in [3.63, 3.8) is 0 Å². The van der Waals surface area contributed by atoms with Gasteiger partial charge in [0.25, 0.3) is 0 Å². The van der Waals surface area contributed by atoms with Gasteiger partial charge in [-0.2, -0.15) is 43.9 Å². The molecule has 15 heteroatoms. The summed E-state index contributed by atoms with van der Waals surface area (Å²) in [4.78, 5) is 0. The van der Waals surface area contributed by atoms with Crippen molar-refractivity contribution >= 4 is 12.4 Å². The lowest BCUT2D eigenvalue weighted by atomic mass is 9.91. The molecule has 0 aliphatic heterocycles. The number of aliphatic hydroxyl groups is 1. The molecule has 0 rings (SSSR count). The van der Waals surface area contributed by atoms with E-state index in [2.05, 4.69) is 5.73 Å². The van der Waals surface area contributed by atoms with Gasteiger partial charge in [-0.25, -0.2) is 8.78 Å². The van der Waals surface area contributed by atoms with E-state index in [9.17, 15) is 52.7 Å². The van der Waals surface area contributed by atoms with Gasteiger partial charge in [0.2, 0.25) is 0 Å². The fourth-order valence-electron chi connectivity index (χ4n) is 1.30. The molecule has 1 unspecified atom stereocenters. The Morgan fingerprint density at radius 1 is 0.750 bits per heavy atom. The van der Waals surface area contributed by atoms with Gasteiger partial charge < -0.3 is 10.8 Å². The number of alkyl halides is 12. The highest BCUT2D eigenvalue weighted by Crippen LogP contribution is 2.58. The lowest BCUT2D eigenvalue weighted by Crippen LogP contribution is -2.69. The summed E-state index contributed by atoms with van der Waals surface area (Å²) in [5.74, 6) is -35.4. The lowest BCUT2D eigenvalue weighted by molar-refractivity contribution is -0.413. The Bertz CT molecular complexity index is 415. The molecule has 3 N–H and O–H groups in total. The van der Waals surface area contributed by atoms with E-state index in [0.717, 1.165) is 0 Å². The van der Waals surface area contributed by atoms with Crippen molar-refractivity contribution in [2.24, 2.45) is 5.73 Å². The van der Waals surface area contributed by atoms with Crippen LogP contribution in [0.25, 0.3) is 0 Å². The molecule has 2 nitrogen and oxygen atoms in total. The molecule has 0 amide bonds. The lowest BCUT2D eigenvalue weighted by Gasteiger charge is -2.39. The molecule has 0 heterocycles. The molecule has 0 aromatic rings. The first-order valence-corrected chi connectivity index (χ1v) is 5.43. The largest absolute Gasteiger partial charge is 0.395 e. The van der Waals surface area contributed by atoms with Crippen molar-refractivity contribution in [3.05, 3.63) is 0 Å². The summed E-state index contributed by atoms with van der Waals surface area (Å²) in [6.45, 7) is -1.46. The van der Waals surface area contributed by atoms with Crippen LogP contribution < -0.4 is 5.73 Å². The highest BCUT2D eigenvalue weighted by molar-refractivity contribution is 5.85. The average molecular weight is 412 g/mol. The van der Waals surface area contributed by atoms with E-state index in [1.165, 1.54) is 0 Å². The minimum absolute atomic E-state index is 0. The molecular weight excluding hydrogens is 402 g/mol. The van der Waals surface area contributed by atoms with Gasteiger partial charge in [0.15, 0.2) is 0 Å². The normalized spacial score (nSPS) is 16.1. The quantitative estimate of drug-likeness (QED) is 0.600. The van der Waals surface area contributed by atoms with E-state index >= 15 is 0 Å². The molecule has 0 saturated carbocycles. The molecule has 0 aromatic carbocycles. The zero-order valence-electron chi connectivity index (χ0n) is 11.0. The molecule has 0 radical (unpaired) electrons. The predicted octanol–water partition coefficient (Wildman–Crippen LogP) is 3.56. The molecule has 0 spiro atoms. The van der Waals surface area contributed by atoms with Crippen LogP contribution >= 0.6 is 12.4 Å². The average Bonchev–Trinajstić information content (AvgIpc) is 2.36. The maximum atomic E-state index is 13.1. The molecule has 24 heavy (non-hydrogen) atoms. The van der Waals surface area contributed by atoms with E-state index in [-0.39, 0.29) is 12.4 Å². The van der Waals surface area contributed by atoms with Crippen LogP contribution in [-0.4, -0.2) is 53.8 Å². The molecule has 0 aliphatic carbocycles. The second-order valence-corrected chi connectivity index (χ2v) is 4.50. The van der Waals surface area contributed by atoms with Crippen LogP contribution in [0, 0.1) is 0 Å². The summed E-state index contributed by atoms with van der Waals surface area (Å²) in [6, 6.07) is -2.30.